The molecule has 4 aromatic rings. The van der Waals surface area contributed by atoms with Crippen molar-refractivity contribution in [1.82, 2.24) is 0 Å². The normalized spacial score (nSPS) is 11.8. The van der Waals surface area contributed by atoms with Gasteiger partial charge in [-0.2, -0.15) is 0 Å². The summed E-state index contributed by atoms with van der Waals surface area (Å²) in [5.74, 6) is 1.72. The first kappa shape index (κ1) is 27.0. The van der Waals surface area contributed by atoms with Gasteiger partial charge in [0.1, 0.15) is 11.5 Å². The third-order valence-electron chi connectivity index (χ3n) is 7.45. The minimum atomic E-state index is 0.0940. The summed E-state index contributed by atoms with van der Waals surface area (Å²) in [6.07, 6.45) is 2.06. The largest absolute Gasteiger partial charge is 0.493 e. The summed E-state index contributed by atoms with van der Waals surface area (Å²) in [6, 6.07) is 21.9. The predicted molar refractivity (Wildman–Crippen MR) is 159 cm³/mol. The Morgan fingerprint density at radius 1 is 0.590 bits per heavy atom. The SMILES string of the molecule is Cc1cc(C)c(OCCCO)c(-c2ccc3c(c2-c2cc(C)cc(C)c2OCCCO)-c2ccccc2C3)c1. The molecule has 5 rings (SSSR count). The van der Waals surface area contributed by atoms with E-state index in [1.807, 2.05) is 0 Å². The number of aryl methyl sites for hydroxylation is 4. The van der Waals surface area contributed by atoms with Gasteiger partial charge in [0.05, 0.1) is 13.2 Å². The molecule has 1 aliphatic rings. The van der Waals surface area contributed by atoms with E-state index < -0.39 is 0 Å². The lowest BCUT2D eigenvalue weighted by Crippen LogP contribution is -2.05. The number of rotatable bonds is 10. The maximum absolute atomic E-state index is 9.43. The lowest BCUT2D eigenvalue weighted by Gasteiger charge is -2.23. The van der Waals surface area contributed by atoms with Gasteiger partial charge in [-0.3, -0.25) is 0 Å². The minimum Gasteiger partial charge on any atom is -0.493 e. The average molecular weight is 523 g/mol. The molecule has 202 valence electrons. The van der Waals surface area contributed by atoms with Crippen LogP contribution in [-0.2, 0) is 6.42 Å². The fourth-order valence-electron chi connectivity index (χ4n) is 5.88. The molecule has 0 bridgehead atoms. The van der Waals surface area contributed by atoms with Crippen molar-refractivity contribution in [2.75, 3.05) is 26.4 Å². The highest BCUT2D eigenvalue weighted by Gasteiger charge is 2.28. The molecular formula is C35H38O4. The molecule has 4 aromatic carbocycles. The average Bonchev–Trinajstić information content (AvgIpc) is 3.29. The van der Waals surface area contributed by atoms with Crippen molar-refractivity contribution < 1.29 is 19.7 Å². The maximum atomic E-state index is 9.43. The summed E-state index contributed by atoms with van der Waals surface area (Å²) in [5.41, 5.74) is 14.0. The molecule has 0 aliphatic heterocycles. The van der Waals surface area contributed by atoms with Crippen molar-refractivity contribution in [3.05, 3.63) is 94.0 Å². The van der Waals surface area contributed by atoms with Crippen LogP contribution in [0.1, 0.15) is 46.2 Å². The van der Waals surface area contributed by atoms with E-state index in [-0.39, 0.29) is 13.2 Å². The van der Waals surface area contributed by atoms with Crippen molar-refractivity contribution >= 4 is 0 Å². The molecular weight excluding hydrogens is 484 g/mol. The molecule has 0 radical (unpaired) electrons. The molecule has 0 atom stereocenters. The summed E-state index contributed by atoms with van der Waals surface area (Å²) in [5, 5.41) is 18.8. The fraction of sp³-hybridized carbons (Fsp3) is 0.314. The smallest absolute Gasteiger partial charge is 0.130 e. The second-order valence-corrected chi connectivity index (χ2v) is 10.6. The summed E-state index contributed by atoms with van der Waals surface area (Å²) < 4.78 is 12.7. The van der Waals surface area contributed by atoms with Gasteiger partial charge in [-0.15, -0.1) is 0 Å². The highest BCUT2D eigenvalue weighted by Crippen LogP contribution is 2.52. The molecule has 0 unspecified atom stereocenters. The Kier molecular flexibility index (Phi) is 8.06. The van der Waals surface area contributed by atoms with Crippen molar-refractivity contribution in [2.45, 2.75) is 47.0 Å². The molecule has 0 fully saturated rings. The monoisotopic (exact) mass is 522 g/mol. The van der Waals surface area contributed by atoms with E-state index in [9.17, 15) is 10.2 Å². The molecule has 0 heterocycles. The molecule has 4 heteroatoms. The van der Waals surface area contributed by atoms with Crippen LogP contribution in [0.25, 0.3) is 33.4 Å². The molecule has 1 aliphatic carbocycles. The molecule has 0 aromatic heterocycles. The standard InChI is InChI=1S/C35H38O4/c1-22-17-24(3)34(38-15-7-13-36)30(19-22)29-12-11-27-21-26-9-5-6-10-28(26)32(27)33(29)31-20-23(2)18-25(4)35(31)39-16-8-14-37/h5-6,9-12,17-20,36-37H,7-8,13-16,21H2,1-4H3. The highest BCUT2D eigenvalue weighted by atomic mass is 16.5. The predicted octanol–water partition coefficient (Wildman–Crippen LogP) is 7.35. The van der Waals surface area contributed by atoms with Gasteiger partial charge in [0.25, 0.3) is 0 Å². The van der Waals surface area contributed by atoms with Crippen LogP contribution in [0, 0.1) is 27.7 Å². The zero-order valence-corrected chi connectivity index (χ0v) is 23.4. The Balaban J connectivity index is 1.84. The van der Waals surface area contributed by atoms with E-state index in [0.717, 1.165) is 51.3 Å². The molecule has 0 amide bonds. The first-order valence-corrected chi connectivity index (χ1v) is 13.9. The van der Waals surface area contributed by atoms with Gasteiger partial charge in [0.15, 0.2) is 0 Å². The minimum absolute atomic E-state index is 0.0940. The molecule has 2 N–H and O–H groups in total. The highest BCUT2D eigenvalue weighted by molar-refractivity contribution is 6.01. The van der Waals surface area contributed by atoms with Crippen LogP contribution in [0.15, 0.2) is 60.7 Å². The first-order chi connectivity index (χ1) is 18.9. The number of aliphatic hydroxyl groups excluding tert-OH is 2. The van der Waals surface area contributed by atoms with E-state index in [1.165, 1.54) is 33.4 Å². The summed E-state index contributed by atoms with van der Waals surface area (Å²) >= 11 is 0. The number of aliphatic hydroxyl groups is 2. The number of ether oxygens (including phenoxy) is 2. The first-order valence-electron chi connectivity index (χ1n) is 13.9. The van der Waals surface area contributed by atoms with E-state index in [4.69, 9.17) is 9.47 Å². The second kappa shape index (κ2) is 11.6. The van der Waals surface area contributed by atoms with Gasteiger partial charge in [0.2, 0.25) is 0 Å². The van der Waals surface area contributed by atoms with Crippen molar-refractivity contribution in [1.29, 1.82) is 0 Å². The van der Waals surface area contributed by atoms with Crippen molar-refractivity contribution in [3.63, 3.8) is 0 Å². The number of fused-ring (bicyclic) bond motifs is 3. The molecule has 0 spiro atoms. The Hall–Kier alpha value is -3.60. The number of hydrogen-bond donors (Lipinski definition) is 2. The van der Waals surface area contributed by atoms with Crippen LogP contribution in [0.3, 0.4) is 0 Å². The van der Waals surface area contributed by atoms with Crippen LogP contribution in [0.4, 0.5) is 0 Å². The van der Waals surface area contributed by atoms with Crippen LogP contribution < -0.4 is 9.47 Å². The second-order valence-electron chi connectivity index (χ2n) is 10.6. The Morgan fingerprint density at radius 2 is 1.18 bits per heavy atom. The lowest BCUT2D eigenvalue weighted by atomic mass is 9.84. The van der Waals surface area contributed by atoms with Crippen molar-refractivity contribution in [3.8, 4) is 44.9 Å². The topological polar surface area (TPSA) is 58.9 Å². The van der Waals surface area contributed by atoms with Crippen LogP contribution in [0.5, 0.6) is 11.5 Å². The quantitative estimate of drug-likeness (QED) is 0.188. The molecule has 0 saturated carbocycles. The third-order valence-corrected chi connectivity index (χ3v) is 7.45. The van der Waals surface area contributed by atoms with Gasteiger partial charge >= 0.3 is 0 Å². The Morgan fingerprint density at radius 3 is 1.82 bits per heavy atom. The van der Waals surface area contributed by atoms with E-state index in [0.29, 0.717) is 26.1 Å². The van der Waals surface area contributed by atoms with Gasteiger partial charge in [0, 0.05) is 42.7 Å². The third kappa shape index (κ3) is 5.32. The van der Waals surface area contributed by atoms with E-state index in [2.05, 4.69) is 88.4 Å². The van der Waals surface area contributed by atoms with Crippen LogP contribution in [0.2, 0.25) is 0 Å². The Bertz CT molecular complexity index is 1500. The van der Waals surface area contributed by atoms with E-state index >= 15 is 0 Å². The zero-order valence-electron chi connectivity index (χ0n) is 23.4. The fourth-order valence-corrected chi connectivity index (χ4v) is 5.88. The van der Waals surface area contributed by atoms with Gasteiger partial charge in [-0.25, -0.2) is 0 Å². The van der Waals surface area contributed by atoms with Crippen LogP contribution >= 0.6 is 0 Å². The Labute approximate surface area is 231 Å². The number of benzene rings is 4. The van der Waals surface area contributed by atoms with Gasteiger partial charge in [-0.1, -0.05) is 48.5 Å². The van der Waals surface area contributed by atoms with Crippen molar-refractivity contribution in [2.24, 2.45) is 0 Å². The molecule has 4 nitrogen and oxygen atoms in total. The van der Waals surface area contributed by atoms with Gasteiger partial charge < -0.3 is 19.7 Å². The molecule has 0 saturated heterocycles. The summed E-state index contributed by atoms with van der Waals surface area (Å²) in [6.45, 7) is 9.54. The van der Waals surface area contributed by atoms with E-state index in [1.54, 1.807) is 0 Å². The maximum Gasteiger partial charge on any atom is 0.130 e. The van der Waals surface area contributed by atoms with Crippen LogP contribution in [-0.4, -0.2) is 36.6 Å². The van der Waals surface area contributed by atoms with Gasteiger partial charge in [-0.05, 0) is 96.3 Å². The zero-order chi connectivity index (χ0) is 27.5. The summed E-state index contributed by atoms with van der Waals surface area (Å²) in [7, 11) is 0. The number of hydrogen-bond acceptors (Lipinski definition) is 4. The molecule has 39 heavy (non-hydrogen) atoms. The lowest BCUT2D eigenvalue weighted by molar-refractivity contribution is 0.233. The summed E-state index contributed by atoms with van der Waals surface area (Å²) in [4.78, 5) is 0.